The van der Waals surface area contributed by atoms with E-state index < -0.39 is 0 Å². The van der Waals surface area contributed by atoms with Crippen LogP contribution >= 0.6 is 0 Å². The third-order valence-electron chi connectivity index (χ3n) is 4.53. The molecule has 1 aliphatic heterocycles. The lowest BCUT2D eigenvalue weighted by Crippen LogP contribution is -3.12. The molecule has 1 unspecified atom stereocenters. The number of carbonyl (C=O) groups excluding carboxylic acids is 1. The number of esters is 1. The quantitative estimate of drug-likeness (QED) is 0.822. The fourth-order valence-corrected chi connectivity index (χ4v) is 3.38. The third kappa shape index (κ3) is 3.64. The van der Waals surface area contributed by atoms with Crippen molar-refractivity contribution in [2.45, 2.75) is 33.2 Å². The summed E-state index contributed by atoms with van der Waals surface area (Å²) in [6.07, 6.45) is 3.68. The Morgan fingerprint density at radius 3 is 3.08 bits per heavy atom. The first-order chi connectivity index (χ1) is 11.6. The molecule has 3 heterocycles. The topological polar surface area (TPSA) is 65.1 Å². The zero-order chi connectivity index (χ0) is 17.1. The Bertz CT molecular complexity index is 800. The van der Waals surface area contributed by atoms with Gasteiger partial charge in [0.2, 0.25) is 0 Å². The van der Waals surface area contributed by atoms with Crippen molar-refractivity contribution in [1.29, 1.82) is 0 Å². The minimum absolute atomic E-state index is 0.0436. The number of pyridine rings is 1. The van der Waals surface area contributed by atoms with Gasteiger partial charge in [0.25, 0.3) is 5.56 Å². The number of nitrogens with one attached hydrogen (secondary N) is 1. The zero-order valence-corrected chi connectivity index (χ0v) is 14.2. The number of aromatic nitrogens is 2. The van der Waals surface area contributed by atoms with Crippen molar-refractivity contribution in [2.75, 3.05) is 19.7 Å². The van der Waals surface area contributed by atoms with Gasteiger partial charge in [-0.2, -0.15) is 0 Å². The van der Waals surface area contributed by atoms with Crippen LogP contribution in [0.1, 0.15) is 31.0 Å². The Labute approximate surface area is 141 Å². The molecule has 6 heteroatoms. The lowest BCUT2D eigenvalue weighted by Gasteiger charge is -2.28. The number of fused-ring (bicyclic) bond motifs is 1. The van der Waals surface area contributed by atoms with Crippen LogP contribution in [-0.4, -0.2) is 35.1 Å². The predicted octanol–water partition coefficient (Wildman–Crippen LogP) is 0.361. The lowest BCUT2D eigenvalue weighted by molar-refractivity contribution is -0.921. The van der Waals surface area contributed by atoms with Crippen LogP contribution in [0.4, 0.5) is 0 Å². The van der Waals surface area contributed by atoms with Crippen LogP contribution in [0, 0.1) is 12.8 Å². The molecule has 0 radical (unpaired) electrons. The second-order valence-electron chi connectivity index (χ2n) is 6.49. The van der Waals surface area contributed by atoms with Gasteiger partial charge in [-0.25, -0.2) is 4.98 Å². The molecule has 3 rings (SSSR count). The van der Waals surface area contributed by atoms with Crippen LogP contribution in [0.5, 0.6) is 0 Å². The maximum Gasteiger partial charge on any atom is 0.314 e. The summed E-state index contributed by atoms with van der Waals surface area (Å²) in [4.78, 5) is 30.1. The summed E-state index contributed by atoms with van der Waals surface area (Å²) >= 11 is 0. The first-order valence-corrected chi connectivity index (χ1v) is 8.56. The number of hydrogen-bond donors (Lipinski definition) is 1. The fourth-order valence-electron chi connectivity index (χ4n) is 3.38. The second kappa shape index (κ2) is 7.13. The number of quaternary nitrogens is 1. The molecule has 2 aromatic rings. The van der Waals surface area contributed by atoms with E-state index in [0.29, 0.717) is 18.8 Å². The molecule has 0 aliphatic carbocycles. The summed E-state index contributed by atoms with van der Waals surface area (Å²) in [6, 6.07) is 5.43. The normalized spacial score (nSPS) is 20.9. The first-order valence-electron chi connectivity index (χ1n) is 8.56. The molecule has 1 saturated heterocycles. The van der Waals surface area contributed by atoms with Gasteiger partial charge in [0.15, 0.2) is 0 Å². The van der Waals surface area contributed by atoms with Gasteiger partial charge in [0, 0.05) is 12.3 Å². The number of hydrogen-bond acceptors (Lipinski definition) is 4. The Hall–Kier alpha value is -2.21. The Kier molecular flexibility index (Phi) is 4.94. The summed E-state index contributed by atoms with van der Waals surface area (Å²) in [5.74, 6) is -0.144. The van der Waals surface area contributed by atoms with Crippen molar-refractivity contribution < 1.29 is 14.4 Å². The molecule has 1 aliphatic rings. The number of aryl methyl sites for hydroxylation is 1. The van der Waals surface area contributed by atoms with Gasteiger partial charge in [-0.15, -0.1) is 0 Å². The van der Waals surface area contributed by atoms with E-state index in [4.69, 9.17) is 4.74 Å². The van der Waals surface area contributed by atoms with Crippen LogP contribution in [0.25, 0.3) is 5.65 Å². The van der Waals surface area contributed by atoms with Gasteiger partial charge in [-0.3, -0.25) is 14.0 Å². The van der Waals surface area contributed by atoms with E-state index in [-0.39, 0.29) is 17.4 Å². The van der Waals surface area contributed by atoms with E-state index in [9.17, 15) is 9.59 Å². The number of likely N-dealkylation sites (tertiary alicyclic amines) is 1. The van der Waals surface area contributed by atoms with Crippen molar-refractivity contribution in [3.63, 3.8) is 0 Å². The average Bonchev–Trinajstić information content (AvgIpc) is 2.56. The Balaban J connectivity index is 1.76. The molecular weight excluding hydrogens is 306 g/mol. The molecule has 0 bridgehead atoms. The Morgan fingerprint density at radius 1 is 1.46 bits per heavy atom. The van der Waals surface area contributed by atoms with E-state index in [0.717, 1.165) is 37.2 Å². The van der Waals surface area contributed by atoms with E-state index in [1.54, 1.807) is 16.7 Å². The average molecular weight is 330 g/mol. The highest BCUT2D eigenvalue weighted by molar-refractivity contribution is 5.72. The van der Waals surface area contributed by atoms with Crippen LogP contribution < -0.4 is 10.5 Å². The van der Waals surface area contributed by atoms with Gasteiger partial charge >= 0.3 is 5.97 Å². The molecule has 24 heavy (non-hydrogen) atoms. The molecule has 0 aromatic carbocycles. The minimum atomic E-state index is -0.100. The summed E-state index contributed by atoms with van der Waals surface area (Å²) in [7, 11) is 0. The van der Waals surface area contributed by atoms with Gasteiger partial charge in [0.1, 0.15) is 23.8 Å². The van der Waals surface area contributed by atoms with E-state index >= 15 is 0 Å². The summed E-state index contributed by atoms with van der Waals surface area (Å²) in [6.45, 7) is 6.61. The summed E-state index contributed by atoms with van der Waals surface area (Å²) in [5, 5.41) is 0. The SMILES string of the molecule is CCOC(=O)[C@@H]1CCC[NH+](Cc2cc(=O)n3cc(C)ccc3n2)C1. The monoisotopic (exact) mass is 330 g/mol. The number of rotatable bonds is 4. The fraction of sp³-hybridized carbons (Fsp3) is 0.500. The summed E-state index contributed by atoms with van der Waals surface area (Å²) < 4.78 is 6.72. The number of ether oxygens (including phenoxy) is 1. The van der Waals surface area contributed by atoms with Gasteiger partial charge in [-0.05, 0) is 38.3 Å². The molecule has 0 saturated carbocycles. The molecule has 128 valence electrons. The number of carbonyl (C=O) groups is 1. The highest BCUT2D eigenvalue weighted by Crippen LogP contribution is 2.10. The predicted molar refractivity (Wildman–Crippen MR) is 90.0 cm³/mol. The van der Waals surface area contributed by atoms with Crippen LogP contribution in [0.2, 0.25) is 0 Å². The van der Waals surface area contributed by atoms with Crippen molar-refractivity contribution in [3.05, 3.63) is 46.0 Å². The van der Waals surface area contributed by atoms with E-state index in [2.05, 4.69) is 4.98 Å². The highest BCUT2D eigenvalue weighted by Gasteiger charge is 2.30. The van der Waals surface area contributed by atoms with E-state index in [1.165, 1.54) is 4.90 Å². The maximum atomic E-state index is 12.3. The lowest BCUT2D eigenvalue weighted by atomic mass is 9.98. The molecule has 1 fully saturated rings. The standard InChI is InChI=1S/C18H23N3O3/c1-3-24-18(23)14-5-4-8-20(11-14)12-15-9-17(22)21-10-13(2)6-7-16(21)19-15/h6-7,9-10,14H,3-5,8,11-12H2,1-2H3/p+1/t14-/m1/s1. The number of nitrogens with zero attached hydrogens (tertiary/aromatic N) is 2. The Morgan fingerprint density at radius 2 is 2.29 bits per heavy atom. The molecule has 1 N–H and O–H groups in total. The van der Waals surface area contributed by atoms with Crippen molar-refractivity contribution in [1.82, 2.24) is 9.38 Å². The molecule has 2 atom stereocenters. The maximum absolute atomic E-state index is 12.3. The van der Waals surface area contributed by atoms with Crippen molar-refractivity contribution >= 4 is 11.6 Å². The first kappa shape index (κ1) is 16.6. The molecule has 0 amide bonds. The van der Waals surface area contributed by atoms with Crippen LogP contribution in [-0.2, 0) is 16.1 Å². The molecule has 0 spiro atoms. The molecular formula is C18H24N3O3+. The van der Waals surface area contributed by atoms with Gasteiger partial charge in [0.05, 0.1) is 19.7 Å². The van der Waals surface area contributed by atoms with Gasteiger partial charge in [-0.1, -0.05) is 6.07 Å². The summed E-state index contributed by atoms with van der Waals surface area (Å²) in [5.41, 5.74) is 2.42. The smallest absolute Gasteiger partial charge is 0.314 e. The van der Waals surface area contributed by atoms with Crippen molar-refractivity contribution in [2.24, 2.45) is 5.92 Å². The minimum Gasteiger partial charge on any atom is -0.466 e. The second-order valence-corrected chi connectivity index (χ2v) is 6.49. The number of piperidine rings is 1. The zero-order valence-electron chi connectivity index (χ0n) is 14.2. The van der Waals surface area contributed by atoms with E-state index in [1.807, 2.05) is 26.0 Å². The highest BCUT2D eigenvalue weighted by atomic mass is 16.5. The van der Waals surface area contributed by atoms with Crippen LogP contribution in [0.3, 0.4) is 0 Å². The molecule has 6 nitrogen and oxygen atoms in total. The van der Waals surface area contributed by atoms with Crippen LogP contribution in [0.15, 0.2) is 29.2 Å². The largest absolute Gasteiger partial charge is 0.466 e. The molecule has 2 aromatic heterocycles. The van der Waals surface area contributed by atoms with Gasteiger partial charge < -0.3 is 9.64 Å². The third-order valence-corrected chi connectivity index (χ3v) is 4.53. The van der Waals surface area contributed by atoms with Crippen molar-refractivity contribution in [3.8, 4) is 0 Å².